The van der Waals surface area contributed by atoms with Gasteiger partial charge in [-0.3, -0.25) is 19.8 Å². The molecule has 1 N–H and O–H groups in total. The fourth-order valence-corrected chi connectivity index (χ4v) is 3.56. The smallest absolute Gasteiger partial charge is 0.337 e. The number of carbonyl (C=O) groups excluding carboxylic acids is 3. The molecule has 1 unspecified atom stereocenters. The van der Waals surface area contributed by atoms with E-state index in [-0.39, 0.29) is 24.5 Å². The number of esters is 1. The third-order valence-corrected chi connectivity index (χ3v) is 5.37. The number of piperazine rings is 1. The summed E-state index contributed by atoms with van der Waals surface area (Å²) in [6, 6.07) is 14.0. The SMILES string of the molecule is COC(=O)c1ccc(N2CCN(CC(=O)NC(=O)c3ccc(OC)cc3)C(C)C2)cc1. The van der Waals surface area contributed by atoms with Gasteiger partial charge in [0.25, 0.3) is 5.91 Å². The second kappa shape index (κ2) is 10.1. The second-order valence-corrected chi connectivity index (χ2v) is 7.41. The van der Waals surface area contributed by atoms with Crippen molar-refractivity contribution in [2.45, 2.75) is 13.0 Å². The Morgan fingerprint density at radius 1 is 0.968 bits per heavy atom. The number of ether oxygens (including phenoxy) is 2. The van der Waals surface area contributed by atoms with Crippen molar-refractivity contribution in [3.05, 3.63) is 59.7 Å². The van der Waals surface area contributed by atoms with Crippen LogP contribution in [0.1, 0.15) is 27.6 Å². The van der Waals surface area contributed by atoms with Crippen LogP contribution in [0.4, 0.5) is 5.69 Å². The van der Waals surface area contributed by atoms with Crippen molar-refractivity contribution >= 4 is 23.5 Å². The molecule has 164 valence electrons. The van der Waals surface area contributed by atoms with Gasteiger partial charge in [0.05, 0.1) is 26.3 Å². The topological polar surface area (TPSA) is 88.2 Å². The summed E-state index contributed by atoms with van der Waals surface area (Å²) in [6.07, 6.45) is 0. The van der Waals surface area contributed by atoms with Gasteiger partial charge in [0, 0.05) is 36.9 Å². The van der Waals surface area contributed by atoms with Gasteiger partial charge in [0.2, 0.25) is 5.91 Å². The molecule has 1 heterocycles. The van der Waals surface area contributed by atoms with Crippen LogP contribution < -0.4 is 15.0 Å². The molecule has 0 aliphatic carbocycles. The lowest BCUT2D eigenvalue weighted by Crippen LogP contribution is -2.54. The minimum absolute atomic E-state index is 0.121. The number of hydrogen-bond donors (Lipinski definition) is 1. The molecule has 2 aromatic rings. The summed E-state index contributed by atoms with van der Waals surface area (Å²) >= 11 is 0. The van der Waals surface area contributed by atoms with Crippen molar-refractivity contribution in [3.8, 4) is 5.75 Å². The first kappa shape index (κ1) is 22.3. The fourth-order valence-electron chi connectivity index (χ4n) is 3.56. The van der Waals surface area contributed by atoms with Crippen LogP contribution in [0.5, 0.6) is 5.75 Å². The number of anilines is 1. The molecule has 8 heteroatoms. The van der Waals surface area contributed by atoms with Crippen molar-refractivity contribution in [2.75, 3.05) is 45.3 Å². The molecule has 8 nitrogen and oxygen atoms in total. The first-order valence-electron chi connectivity index (χ1n) is 10.1. The summed E-state index contributed by atoms with van der Waals surface area (Å²) in [5, 5.41) is 2.45. The minimum Gasteiger partial charge on any atom is -0.497 e. The van der Waals surface area contributed by atoms with Crippen LogP contribution in [0.3, 0.4) is 0 Å². The zero-order valence-corrected chi connectivity index (χ0v) is 18.0. The van der Waals surface area contributed by atoms with Crippen LogP contribution in [0.2, 0.25) is 0 Å². The number of nitrogens with one attached hydrogen (secondary N) is 1. The molecule has 1 aliphatic rings. The van der Waals surface area contributed by atoms with Gasteiger partial charge in [-0.2, -0.15) is 0 Å². The monoisotopic (exact) mass is 425 g/mol. The number of imide groups is 1. The summed E-state index contributed by atoms with van der Waals surface area (Å²) in [5.74, 6) is -0.470. The van der Waals surface area contributed by atoms with E-state index >= 15 is 0 Å². The highest BCUT2D eigenvalue weighted by Crippen LogP contribution is 2.20. The molecule has 3 rings (SSSR count). The third kappa shape index (κ3) is 5.61. The molecule has 0 saturated carbocycles. The van der Waals surface area contributed by atoms with Crippen molar-refractivity contribution in [1.82, 2.24) is 10.2 Å². The predicted molar refractivity (Wildman–Crippen MR) is 116 cm³/mol. The van der Waals surface area contributed by atoms with Gasteiger partial charge in [0.1, 0.15) is 5.75 Å². The van der Waals surface area contributed by atoms with E-state index in [2.05, 4.69) is 15.1 Å². The molecule has 2 amide bonds. The Hall–Kier alpha value is -3.39. The average molecular weight is 425 g/mol. The summed E-state index contributed by atoms with van der Waals surface area (Å²) in [4.78, 5) is 40.5. The molecule has 31 heavy (non-hydrogen) atoms. The lowest BCUT2D eigenvalue weighted by molar-refractivity contribution is -0.121. The Labute approximate surface area is 181 Å². The molecule has 2 aromatic carbocycles. The number of hydrogen-bond acceptors (Lipinski definition) is 7. The van der Waals surface area contributed by atoms with E-state index in [0.29, 0.717) is 23.4 Å². The number of amides is 2. The number of methoxy groups -OCH3 is 2. The highest BCUT2D eigenvalue weighted by molar-refractivity contribution is 6.05. The lowest BCUT2D eigenvalue weighted by Gasteiger charge is -2.40. The fraction of sp³-hybridized carbons (Fsp3) is 0.348. The van der Waals surface area contributed by atoms with Crippen LogP contribution in [-0.4, -0.2) is 69.1 Å². The largest absolute Gasteiger partial charge is 0.497 e. The van der Waals surface area contributed by atoms with Gasteiger partial charge < -0.3 is 14.4 Å². The van der Waals surface area contributed by atoms with Crippen molar-refractivity contribution in [1.29, 1.82) is 0 Å². The van der Waals surface area contributed by atoms with Crippen molar-refractivity contribution in [3.63, 3.8) is 0 Å². The number of nitrogens with zero attached hydrogens (tertiary/aromatic N) is 2. The molecule has 1 saturated heterocycles. The van der Waals surface area contributed by atoms with Crippen molar-refractivity contribution < 1.29 is 23.9 Å². The quantitative estimate of drug-likeness (QED) is 0.708. The zero-order chi connectivity index (χ0) is 22.4. The predicted octanol–water partition coefficient (Wildman–Crippen LogP) is 1.95. The molecule has 0 aromatic heterocycles. The molecule has 0 bridgehead atoms. The summed E-state index contributed by atoms with van der Waals surface area (Å²) < 4.78 is 9.80. The molecular formula is C23H27N3O5. The van der Waals surface area contributed by atoms with Crippen LogP contribution >= 0.6 is 0 Å². The average Bonchev–Trinajstić information content (AvgIpc) is 2.80. The number of rotatable bonds is 6. The third-order valence-electron chi connectivity index (χ3n) is 5.37. The zero-order valence-electron chi connectivity index (χ0n) is 18.0. The number of carbonyl (C=O) groups is 3. The Kier molecular flexibility index (Phi) is 7.25. The van der Waals surface area contributed by atoms with Gasteiger partial charge in [-0.25, -0.2) is 4.79 Å². The normalized spacial score (nSPS) is 16.5. The van der Waals surface area contributed by atoms with Gasteiger partial charge in [-0.15, -0.1) is 0 Å². The van der Waals surface area contributed by atoms with E-state index < -0.39 is 5.91 Å². The molecule has 1 aliphatic heterocycles. The second-order valence-electron chi connectivity index (χ2n) is 7.41. The standard InChI is InChI=1S/C23H27N3O5/c1-16-14-26(19-8-4-18(5-9-19)23(29)31-3)13-12-25(16)15-21(27)24-22(28)17-6-10-20(30-2)11-7-17/h4-11,16H,12-15H2,1-3H3,(H,24,27,28). The highest BCUT2D eigenvalue weighted by atomic mass is 16.5. The molecule has 1 fully saturated rings. The van der Waals surface area contributed by atoms with E-state index in [1.165, 1.54) is 7.11 Å². The van der Waals surface area contributed by atoms with Crippen LogP contribution in [0.15, 0.2) is 48.5 Å². The van der Waals surface area contributed by atoms with Crippen LogP contribution in [-0.2, 0) is 9.53 Å². The van der Waals surface area contributed by atoms with Gasteiger partial charge in [-0.05, 0) is 55.5 Å². The van der Waals surface area contributed by atoms with Crippen LogP contribution in [0.25, 0.3) is 0 Å². The molecule has 0 radical (unpaired) electrons. The molecular weight excluding hydrogens is 398 g/mol. The maximum Gasteiger partial charge on any atom is 0.337 e. The Balaban J connectivity index is 1.51. The van der Waals surface area contributed by atoms with E-state index in [4.69, 9.17) is 9.47 Å². The van der Waals surface area contributed by atoms with Gasteiger partial charge in [-0.1, -0.05) is 0 Å². The van der Waals surface area contributed by atoms with E-state index in [9.17, 15) is 14.4 Å². The summed E-state index contributed by atoms with van der Waals surface area (Å²) in [7, 11) is 2.91. The minimum atomic E-state index is -0.426. The lowest BCUT2D eigenvalue weighted by atomic mass is 10.1. The van der Waals surface area contributed by atoms with Gasteiger partial charge in [0.15, 0.2) is 0 Å². The van der Waals surface area contributed by atoms with E-state index in [1.807, 2.05) is 19.1 Å². The maximum absolute atomic E-state index is 12.4. The highest BCUT2D eigenvalue weighted by Gasteiger charge is 2.26. The summed E-state index contributed by atoms with van der Waals surface area (Å²) in [5.41, 5.74) is 1.93. The maximum atomic E-state index is 12.4. The van der Waals surface area contributed by atoms with E-state index in [0.717, 1.165) is 18.8 Å². The Morgan fingerprint density at radius 2 is 1.61 bits per heavy atom. The summed E-state index contributed by atoms with van der Waals surface area (Å²) in [6.45, 7) is 4.36. The Morgan fingerprint density at radius 3 is 2.19 bits per heavy atom. The molecule has 1 atom stereocenters. The Bertz CT molecular complexity index is 927. The van der Waals surface area contributed by atoms with Crippen LogP contribution in [0, 0.1) is 0 Å². The van der Waals surface area contributed by atoms with Gasteiger partial charge >= 0.3 is 5.97 Å². The number of benzene rings is 2. The first-order valence-corrected chi connectivity index (χ1v) is 10.1. The van der Waals surface area contributed by atoms with Crippen molar-refractivity contribution in [2.24, 2.45) is 0 Å². The molecule has 0 spiro atoms. The first-order chi connectivity index (χ1) is 14.9. The van der Waals surface area contributed by atoms with E-state index in [1.54, 1.807) is 43.5 Å².